The van der Waals surface area contributed by atoms with Crippen LogP contribution in [0.4, 0.5) is 0 Å². The lowest BCUT2D eigenvalue weighted by molar-refractivity contribution is -0.140. The summed E-state index contributed by atoms with van der Waals surface area (Å²) in [6, 6.07) is 7.48. The molecule has 5 nitrogen and oxygen atoms in total. The van der Waals surface area contributed by atoms with Crippen molar-refractivity contribution >= 4 is 5.97 Å². The molecular formula is C16H21N3O2. The highest BCUT2D eigenvalue weighted by molar-refractivity contribution is 5.73. The fourth-order valence-electron chi connectivity index (χ4n) is 2.19. The minimum Gasteiger partial charge on any atom is -0.480 e. The van der Waals surface area contributed by atoms with Crippen LogP contribution < -0.4 is 5.32 Å². The van der Waals surface area contributed by atoms with Crippen LogP contribution in [0.1, 0.15) is 25.8 Å². The number of nitrogens with zero attached hydrogens (tertiary/aromatic N) is 2. The van der Waals surface area contributed by atoms with Gasteiger partial charge in [-0.25, -0.2) is 4.98 Å². The van der Waals surface area contributed by atoms with E-state index in [1.165, 1.54) is 0 Å². The molecule has 0 unspecified atom stereocenters. The summed E-state index contributed by atoms with van der Waals surface area (Å²) in [5.41, 5.74) is 2.10. The molecule has 2 N–H and O–H groups in total. The second kappa shape index (κ2) is 7.04. The van der Waals surface area contributed by atoms with Crippen LogP contribution in [0.15, 0.2) is 43.0 Å². The van der Waals surface area contributed by atoms with E-state index >= 15 is 0 Å². The third kappa shape index (κ3) is 3.92. The van der Waals surface area contributed by atoms with Crippen LogP contribution in [0, 0.1) is 5.92 Å². The largest absolute Gasteiger partial charge is 0.480 e. The van der Waals surface area contributed by atoms with Gasteiger partial charge in [-0.3, -0.25) is 4.79 Å². The van der Waals surface area contributed by atoms with E-state index in [0.717, 1.165) is 17.7 Å². The highest BCUT2D eigenvalue weighted by Gasteiger charge is 2.22. The smallest absolute Gasteiger partial charge is 0.320 e. The van der Waals surface area contributed by atoms with Crippen molar-refractivity contribution in [1.29, 1.82) is 0 Å². The van der Waals surface area contributed by atoms with Gasteiger partial charge in [-0.2, -0.15) is 0 Å². The molecule has 0 saturated heterocycles. The molecule has 5 heteroatoms. The zero-order chi connectivity index (χ0) is 15.2. The molecule has 0 radical (unpaired) electrons. The Bertz CT molecular complexity index is 564. The normalized spacial score (nSPS) is 13.8. The van der Waals surface area contributed by atoms with Gasteiger partial charge in [-0.1, -0.05) is 32.4 Å². The Morgan fingerprint density at radius 1 is 1.38 bits per heavy atom. The fraction of sp³-hybridized carbons (Fsp3) is 0.375. The number of benzene rings is 1. The fourth-order valence-corrected chi connectivity index (χ4v) is 2.19. The maximum Gasteiger partial charge on any atom is 0.320 e. The van der Waals surface area contributed by atoms with Crippen LogP contribution in [0.3, 0.4) is 0 Å². The summed E-state index contributed by atoms with van der Waals surface area (Å²) < 4.78 is 1.93. The van der Waals surface area contributed by atoms with E-state index < -0.39 is 12.0 Å². The second-order valence-electron chi connectivity index (χ2n) is 5.22. The van der Waals surface area contributed by atoms with Crippen molar-refractivity contribution in [2.75, 3.05) is 0 Å². The van der Waals surface area contributed by atoms with Crippen LogP contribution >= 0.6 is 0 Å². The first-order valence-corrected chi connectivity index (χ1v) is 7.15. The van der Waals surface area contributed by atoms with Crippen LogP contribution in [0.25, 0.3) is 5.69 Å². The summed E-state index contributed by atoms with van der Waals surface area (Å²) in [4.78, 5) is 15.3. The molecule has 21 heavy (non-hydrogen) atoms. The van der Waals surface area contributed by atoms with Crippen LogP contribution in [-0.4, -0.2) is 26.7 Å². The minimum atomic E-state index is -0.792. The Balaban J connectivity index is 1.98. The molecule has 1 heterocycles. The van der Waals surface area contributed by atoms with Gasteiger partial charge in [-0.05, 0) is 23.6 Å². The molecular weight excluding hydrogens is 266 g/mol. The molecule has 0 saturated carbocycles. The van der Waals surface area contributed by atoms with Crippen molar-refractivity contribution in [3.05, 3.63) is 48.5 Å². The van der Waals surface area contributed by atoms with Gasteiger partial charge < -0.3 is 15.0 Å². The third-order valence-corrected chi connectivity index (χ3v) is 3.74. The second-order valence-corrected chi connectivity index (χ2v) is 5.22. The number of hydrogen-bond donors (Lipinski definition) is 2. The quantitative estimate of drug-likeness (QED) is 0.821. The Labute approximate surface area is 124 Å². The maximum absolute atomic E-state index is 11.3. The predicted octanol–water partition coefficient (Wildman–Crippen LogP) is 2.46. The lowest BCUT2D eigenvalue weighted by atomic mass is 9.99. The van der Waals surface area contributed by atoms with Gasteiger partial charge in [0.25, 0.3) is 0 Å². The summed E-state index contributed by atoms with van der Waals surface area (Å²) in [7, 11) is 0. The molecule has 0 bridgehead atoms. The Kier molecular flexibility index (Phi) is 5.11. The topological polar surface area (TPSA) is 67.2 Å². The Morgan fingerprint density at radius 2 is 2.10 bits per heavy atom. The Hall–Kier alpha value is -2.14. The number of carboxylic acid groups (broad SMARTS) is 1. The standard InChI is InChI=1S/C16H21N3O2/c1-3-12(2)15(16(20)21)18-10-13-4-6-14(7-5-13)19-9-8-17-11-19/h4-9,11-12,15,18H,3,10H2,1-2H3,(H,20,21)/t12-,15-/m0/s1. The molecule has 112 valence electrons. The average Bonchev–Trinajstić information content (AvgIpc) is 3.01. The SMILES string of the molecule is CC[C@H](C)[C@H](NCc1ccc(-n2ccnc2)cc1)C(=O)O. The highest BCUT2D eigenvalue weighted by atomic mass is 16.4. The zero-order valence-corrected chi connectivity index (χ0v) is 12.4. The van der Waals surface area contributed by atoms with Crippen molar-refractivity contribution in [1.82, 2.24) is 14.9 Å². The zero-order valence-electron chi connectivity index (χ0n) is 12.4. The van der Waals surface area contributed by atoms with Gasteiger partial charge in [0.15, 0.2) is 0 Å². The number of rotatable bonds is 7. The monoisotopic (exact) mass is 287 g/mol. The number of hydrogen-bond acceptors (Lipinski definition) is 3. The molecule has 0 aliphatic rings. The molecule has 2 atom stereocenters. The number of imidazole rings is 1. The first-order valence-electron chi connectivity index (χ1n) is 7.15. The minimum absolute atomic E-state index is 0.104. The van der Waals surface area contributed by atoms with Crippen molar-refractivity contribution in [3.63, 3.8) is 0 Å². The van der Waals surface area contributed by atoms with E-state index in [-0.39, 0.29) is 5.92 Å². The van der Waals surface area contributed by atoms with E-state index in [1.807, 2.05) is 48.9 Å². The summed E-state index contributed by atoms with van der Waals surface area (Å²) in [6.45, 7) is 4.50. The van der Waals surface area contributed by atoms with Crippen molar-refractivity contribution in [2.45, 2.75) is 32.9 Å². The summed E-state index contributed by atoms with van der Waals surface area (Å²) in [5.74, 6) is -0.688. The van der Waals surface area contributed by atoms with Gasteiger partial charge in [0.2, 0.25) is 0 Å². The summed E-state index contributed by atoms with van der Waals surface area (Å²) in [6.07, 6.45) is 6.20. The Morgan fingerprint density at radius 3 is 2.62 bits per heavy atom. The first kappa shape index (κ1) is 15.3. The lowest BCUT2D eigenvalue weighted by Gasteiger charge is -2.20. The molecule has 0 fully saturated rings. The van der Waals surface area contributed by atoms with Crippen LogP contribution in [-0.2, 0) is 11.3 Å². The van der Waals surface area contributed by atoms with Gasteiger partial charge in [0.1, 0.15) is 6.04 Å². The van der Waals surface area contributed by atoms with E-state index in [9.17, 15) is 9.90 Å². The van der Waals surface area contributed by atoms with Gasteiger partial charge >= 0.3 is 5.97 Å². The number of carboxylic acids is 1. The predicted molar refractivity (Wildman–Crippen MR) is 81.3 cm³/mol. The molecule has 2 rings (SSSR count). The molecule has 0 aliphatic heterocycles. The number of carbonyl (C=O) groups is 1. The molecule has 0 spiro atoms. The van der Waals surface area contributed by atoms with Crippen LogP contribution in [0.5, 0.6) is 0 Å². The van der Waals surface area contributed by atoms with Gasteiger partial charge in [0, 0.05) is 24.6 Å². The van der Waals surface area contributed by atoms with Crippen molar-refractivity contribution in [3.8, 4) is 5.69 Å². The lowest BCUT2D eigenvalue weighted by Crippen LogP contribution is -2.41. The van der Waals surface area contributed by atoms with E-state index in [1.54, 1.807) is 12.5 Å². The van der Waals surface area contributed by atoms with Crippen molar-refractivity contribution < 1.29 is 9.90 Å². The molecule has 1 aromatic carbocycles. The molecule has 1 aromatic heterocycles. The maximum atomic E-state index is 11.3. The van der Waals surface area contributed by atoms with Gasteiger partial charge in [0.05, 0.1) is 6.33 Å². The van der Waals surface area contributed by atoms with E-state index in [2.05, 4.69) is 10.3 Å². The highest BCUT2D eigenvalue weighted by Crippen LogP contribution is 2.12. The van der Waals surface area contributed by atoms with Crippen molar-refractivity contribution in [2.24, 2.45) is 5.92 Å². The molecule has 0 amide bonds. The van der Waals surface area contributed by atoms with Gasteiger partial charge in [-0.15, -0.1) is 0 Å². The molecule has 0 aliphatic carbocycles. The molecule has 2 aromatic rings. The van der Waals surface area contributed by atoms with Crippen LogP contribution in [0.2, 0.25) is 0 Å². The van der Waals surface area contributed by atoms with E-state index in [4.69, 9.17) is 0 Å². The third-order valence-electron chi connectivity index (χ3n) is 3.74. The number of nitrogens with one attached hydrogen (secondary N) is 1. The summed E-state index contributed by atoms with van der Waals surface area (Å²) >= 11 is 0. The number of aromatic nitrogens is 2. The summed E-state index contributed by atoms with van der Waals surface area (Å²) in [5, 5.41) is 12.4. The average molecular weight is 287 g/mol. The van der Waals surface area contributed by atoms with E-state index in [0.29, 0.717) is 6.54 Å². The number of aliphatic carboxylic acids is 1. The first-order chi connectivity index (χ1) is 10.1.